The van der Waals surface area contributed by atoms with Gasteiger partial charge in [-0.3, -0.25) is 0 Å². The van der Waals surface area contributed by atoms with E-state index in [1.807, 2.05) is 29.0 Å². The summed E-state index contributed by atoms with van der Waals surface area (Å²) in [6, 6.07) is 7.88. The van der Waals surface area contributed by atoms with Gasteiger partial charge in [0.05, 0.1) is 5.69 Å². The zero-order chi connectivity index (χ0) is 11.4. The summed E-state index contributed by atoms with van der Waals surface area (Å²) < 4.78 is 1.98. The van der Waals surface area contributed by atoms with Gasteiger partial charge in [-0.1, -0.05) is 11.2 Å². The highest BCUT2D eigenvalue weighted by molar-refractivity contribution is 7.09. The molecule has 16 heavy (non-hydrogen) atoms. The second-order valence-corrected chi connectivity index (χ2v) is 4.43. The van der Waals surface area contributed by atoms with Gasteiger partial charge >= 0.3 is 0 Å². The minimum absolute atomic E-state index is 0.149. The summed E-state index contributed by atoms with van der Waals surface area (Å²) >= 11 is 1.74. The lowest BCUT2D eigenvalue weighted by molar-refractivity contribution is 0.318. The van der Waals surface area contributed by atoms with Gasteiger partial charge in [0.15, 0.2) is 5.84 Å². The zero-order valence-electron chi connectivity index (χ0n) is 8.71. The van der Waals surface area contributed by atoms with Gasteiger partial charge in [0.1, 0.15) is 0 Å². The predicted molar refractivity (Wildman–Crippen MR) is 65.0 cm³/mol. The topological polar surface area (TPSA) is 63.5 Å². The number of thiophene rings is 1. The fourth-order valence-corrected chi connectivity index (χ4v) is 2.28. The molecule has 0 radical (unpaired) electrons. The van der Waals surface area contributed by atoms with Crippen molar-refractivity contribution in [3.05, 3.63) is 46.4 Å². The number of amidine groups is 1. The van der Waals surface area contributed by atoms with Crippen LogP contribution in [-0.4, -0.2) is 15.6 Å². The molecule has 0 fully saturated rings. The molecule has 0 saturated heterocycles. The molecule has 0 saturated carbocycles. The SMILES string of the molecule is N/C(=N/O)c1cccn1CCc1cccs1. The molecule has 0 atom stereocenters. The monoisotopic (exact) mass is 235 g/mol. The third-order valence-electron chi connectivity index (χ3n) is 2.38. The molecule has 0 unspecified atom stereocenters. The van der Waals surface area contributed by atoms with Crippen molar-refractivity contribution in [3.8, 4) is 0 Å². The van der Waals surface area contributed by atoms with Crippen LogP contribution >= 0.6 is 11.3 Å². The van der Waals surface area contributed by atoms with Crippen LogP contribution in [0.5, 0.6) is 0 Å². The van der Waals surface area contributed by atoms with Crippen molar-refractivity contribution in [1.29, 1.82) is 0 Å². The lowest BCUT2D eigenvalue weighted by atomic mass is 10.3. The number of nitrogens with zero attached hydrogens (tertiary/aromatic N) is 2. The largest absolute Gasteiger partial charge is 0.409 e. The predicted octanol–water partition coefficient (Wildman–Crippen LogP) is 1.89. The van der Waals surface area contributed by atoms with Gasteiger partial charge in [0.25, 0.3) is 0 Å². The quantitative estimate of drug-likeness (QED) is 0.368. The Bertz CT molecular complexity index is 473. The minimum Gasteiger partial charge on any atom is -0.409 e. The summed E-state index contributed by atoms with van der Waals surface area (Å²) in [6.07, 6.45) is 2.89. The van der Waals surface area contributed by atoms with E-state index < -0.39 is 0 Å². The third kappa shape index (κ3) is 2.25. The van der Waals surface area contributed by atoms with Crippen LogP contribution in [0.1, 0.15) is 10.6 Å². The van der Waals surface area contributed by atoms with E-state index in [4.69, 9.17) is 10.9 Å². The van der Waals surface area contributed by atoms with Crippen LogP contribution in [0, 0.1) is 0 Å². The van der Waals surface area contributed by atoms with Crippen molar-refractivity contribution in [1.82, 2.24) is 4.57 Å². The molecule has 0 amide bonds. The van der Waals surface area contributed by atoms with E-state index in [1.54, 1.807) is 11.3 Å². The first-order chi connectivity index (χ1) is 7.81. The summed E-state index contributed by atoms with van der Waals surface area (Å²) in [7, 11) is 0. The van der Waals surface area contributed by atoms with E-state index >= 15 is 0 Å². The molecule has 0 aliphatic rings. The van der Waals surface area contributed by atoms with Crippen LogP contribution in [0.3, 0.4) is 0 Å². The molecular formula is C11H13N3OS. The average Bonchev–Trinajstić information content (AvgIpc) is 2.96. The molecule has 84 valence electrons. The molecule has 2 aromatic heterocycles. The first-order valence-corrected chi connectivity index (χ1v) is 5.84. The summed E-state index contributed by atoms with van der Waals surface area (Å²) in [4.78, 5) is 1.33. The molecule has 0 aliphatic carbocycles. The van der Waals surface area contributed by atoms with Crippen molar-refractivity contribution in [2.75, 3.05) is 0 Å². The van der Waals surface area contributed by atoms with Gasteiger partial charge in [-0.15, -0.1) is 11.3 Å². The summed E-state index contributed by atoms with van der Waals surface area (Å²) in [6.45, 7) is 0.832. The highest BCUT2D eigenvalue weighted by atomic mass is 32.1. The molecule has 2 rings (SSSR count). The number of oxime groups is 1. The molecule has 5 heteroatoms. The highest BCUT2D eigenvalue weighted by Gasteiger charge is 2.05. The van der Waals surface area contributed by atoms with E-state index in [-0.39, 0.29) is 5.84 Å². The van der Waals surface area contributed by atoms with Crippen molar-refractivity contribution in [2.45, 2.75) is 13.0 Å². The number of nitrogens with two attached hydrogens (primary N) is 1. The maximum atomic E-state index is 8.63. The standard InChI is InChI=1S/C11H13N3OS/c12-11(13-15)10-4-1-6-14(10)7-5-9-3-2-8-16-9/h1-4,6,8,15H,5,7H2,(H2,12,13). The number of aryl methyl sites for hydroxylation is 2. The Kier molecular flexibility index (Phi) is 3.26. The fraction of sp³-hybridized carbons (Fsp3) is 0.182. The Labute approximate surface area is 97.6 Å². The second-order valence-electron chi connectivity index (χ2n) is 3.40. The molecule has 3 N–H and O–H groups in total. The summed E-state index contributed by atoms with van der Waals surface area (Å²) in [5.41, 5.74) is 6.32. The number of rotatable bonds is 4. The Balaban J connectivity index is 2.07. The number of hydrogen-bond donors (Lipinski definition) is 2. The zero-order valence-corrected chi connectivity index (χ0v) is 9.52. The third-order valence-corrected chi connectivity index (χ3v) is 3.32. The van der Waals surface area contributed by atoms with Crippen molar-refractivity contribution in [2.24, 2.45) is 10.9 Å². The van der Waals surface area contributed by atoms with Gasteiger partial charge in [-0.2, -0.15) is 0 Å². The Morgan fingerprint density at radius 1 is 1.44 bits per heavy atom. The Morgan fingerprint density at radius 3 is 3.00 bits per heavy atom. The van der Waals surface area contributed by atoms with Crippen molar-refractivity contribution < 1.29 is 5.21 Å². The fourth-order valence-electron chi connectivity index (χ4n) is 1.58. The van der Waals surface area contributed by atoms with Crippen LogP contribution in [0.15, 0.2) is 41.0 Å². The van der Waals surface area contributed by atoms with Crippen LogP contribution in [0.4, 0.5) is 0 Å². The van der Waals surface area contributed by atoms with Gasteiger partial charge in [-0.05, 0) is 30.0 Å². The van der Waals surface area contributed by atoms with Gasteiger partial charge in [0.2, 0.25) is 0 Å². The normalized spacial score (nSPS) is 11.9. The van der Waals surface area contributed by atoms with Gasteiger partial charge in [0, 0.05) is 17.6 Å². The lowest BCUT2D eigenvalue weighted by Crippen LogP contribution is -2.18. The van der Waals surface area contributed by atoms with E-state index in [0.717, 1.165) is 18.7 Å². The Hall–Kier alpha value is -1.75. The van der Waals surface area contributed by atoms with Gasteiger partial charge < -0.3 is 15.5 Å². The summed E-state index contributed by atoms with van der Waals surface area (Å²) in [5.74, 6) is 0.149. The van der Waals surface area contributed by atoms with E-state index in [9.17, 15) is 0 Å². The molecule has 0 spiro atoms. The lowest BCUT2D eigenvalue weighted by Gasteiger charge is -2.06. The molecular weight excluding hydrogens is 222 g/mol. The van der Waals surface area contributed by atoms with Crippen LogP contribution in [0.25, 0.3) is 0 Å². The molecule has 4 nitrogen and oxygen atoms in total. The molecule has 2 heterocycles. The van der Waals surface area contributed by atoms with Crippen molar-refractivity contribution in [3.63, 3.8) is 0 Å². The first kappa shape index (κ1) is 10.8. The van der Waals surface area contributed by atoms with E-state index in [2.05, 4.69) is 16.6 Å². The van der Waals surface area contributed by atoms with E-state index in [1.165, 1.54) is 4.88 Å². The van der Waals surface area contributed by atoms with Crippen LogP contribution in [0.2, 0.25) is 0 Å². The smallest absolute Gasteiger partial charge is 0.186 e. The Morgan fingerprint density at radius 2 is 2.31 bits per heavy atom. The maximum absolute atomic E-state index is 8.63. The maximum Gasteiger partial charge on any atom is 0.186 e. The average molecular weight is 235 g/mol. The van der Waals surface area contributed by atoms with E-state index in [0.29, 0.717) is 0 Å². The second kappa shape index (κ2) is 4.85. The molecule has 2 aromatic rings. The first-order valence-electron chi connectivity index (χ1n) is 4.96. The van der Waals surface area contributed by atoms with Crippen LogP contribution in [-0.2, 0) is 13.0 Å². The molecule has 0 bridgehead atoms. The highest BCUT2D eigenvalue weighted by Crippen LogP contribution is 2.11. The molecule has 0 aromatic carbocycles. The number of hydrogen-bond acceptors (Lipinski definition) is 3. The van der Waals surface area contributed by atoms with Gasteiger partial charge in [-0.25, -0.2) is 0 Å². The summed E-state index contributed by atoms with van der Waals surface area (Å²) in [5, 5.41) is 13.7. The number of aromatic nitrogens is 1. The van der Waals surface area contributed by atoms with Crippen molar-refractivity contribution >= 4 is 17.2 Å². The minimum atomic E-state index is 0.149. The molecule has 0 aliphatic heterocycles. The van der Waals surface area contributed by atoms with Crippen LogP contribution < -0.4 is 5.73 Å².